The molecular formula is C21H19ClN4O2S. The third-order valence-electron chi connectivity index (χ3n) is 4.95. The Morgan fingerprint density at radius 2 is 2.00 bits per heavy atom. The molecule has 6 nitrogen and oxygen atoms in total. The first kappa shape index (κ1) is 19.5. The van der Waals surface area contributed by atoms with Crippen LogP contribution in [0.25, 0.3) is 11.8 Å². The van der Waals surface area contributed by atoms with Gasteiger partial charge in [-0.25, -0.2) is 0 Å². The molecule has 1 aromatic carbocycles. The number of aliphatic imine (C=N–C) groups is 1. The zero-order valence-electron chi connectivity index (χ0n) is 16.4. The quantitative estimate of drug-likeness (QED) is 0.707. The highest BCUT2D eigenvalue weighted by molar-refractivity contribution is 8.16. The maximum absolute atomic E-state index is 12.5. The van der Waals surface area contributed by atoms with Crippen LogP contribution < -0.4 is 4.74 Å². The Bertz CT molecular complexity index is 1160. The number of nitrogens with zero attached hydrogens (tertiary/aromatic N) is 3. The summed E-state index contributed by atoms with van der Waals surface area (Å²) in [6, 6.07) is 7.59. The molecule has 0 saturated carbocycles. The van der Waals surface area contributed by atoms with Gasteiger partial charge in [0.25, 0.3) is 5.91 Å². The van der Waals surface area contributed by atoms with Gasteiger partial charge in [0, 0.05) is 22.8 Å². The minimum Gasteiger partial charge on any atom is -0.495 e. The van der Waals surface area contributed by atoms with Crippen molar-refractivity contribution in [3.63, 3.8) is 0 Å². The SMILES string of the molecule is COc1ccc(-n2c(C)cc(/C=C3\C(=N)N4C(C)=CSC4=NC3=O)c2C)cc1Cl. The second kappa shape index (κ2) is 7.24. The number of allylic oxidation sites excluding steroid dienone is 1. The number of aromatic nitrogens is 1. The molecule has 0 aliphatic carbocycles. The van der Waals surface area contributed by atoms with Crippen molar-refractivity contribution in [2.45, 2.75) is 20.8 Å². The summed E-state index contributed by atoms with van der Waals surface area (Å²) in [5.74, 6) is 0.368. The van der Waals surface area contributed by atoms with E-state index in [0.717, 1.165) is 28.3 Å². The molecule has 8 heteroatoms. The molecule has 0 saturated heterocycles. The molecule has 0 atom stereocenters. The van der Waals surface area contributed by atoms with Gasteiger partial charge in [-0.05, 0) is 62.1 Å². The number of carbonyl (C=O) groups is 1. The first-order chi connectivity index (χ1) is 13.8. The number of amides is 1. The smallest absolute Gasteiger partial charge is 0.283 e. The number of aryl methyl sites for hydroxylation is 1. The van der Waals surface area contributed by atoms with E-state index in [-0.39, 0.29) is 11.4 Å². The number of hydrogen-bond acceptors (Lipinski definition) is 4. The molecule has 1 N–H and O–H groups in total. The van der Waals surface area contributed by atoms with Gasteiger partial charge in [-0.15, -0.1) is 0 Å². The maximum atomic E-state index is 12.5. The Morgan fingerprint density at radius 1 is 1.24 bits per heavy atom. The molecule has 0 radical (unpaired) electrons. The lowest BCUT2D eigenvalue weighted by Gasteiger charge is -2.25. The van der Waals surface area contributed by atoms with Crippen molar-refractivity contribution in [1.29, 1.82) is 5.41 Å². The van der Waals surface area contributed by atoms with Crippen LogP contribution >= 0.6 is 23.4 Å². The fourth-order valence-corrected chi connectivity index (χ4v) is 4.63. The van der Waals surface area contributed by atoms with Crippen LogP contribution in [0.4, 0.5) is 0 Å². The summed E-state index contributed by atoms with van der Waals surface area (Å²) < 4.78 is 7.29. The summed E-state index contributed by atoms with van der Waals surface area (Å²) in [6.07, 6.45) is 1.74. The fourth-order valence-electron chi connectivity index (χ4n) is 3.52. The number of thioether (sulfide) groups is 1. The lowest BCUT2D eigenvalue weighted by Crippen LogP contribution is -2.37. The minimum atomic E-state index is -0.394. The average Bonchev–Trinajstić information content (AvgIpc) is 3.17. The van der Waals surface area contributed by atoms with Crippen LogP contribution in [-0.2, 0) is 4.79 Å². The van der Waals surface area contributed by atoms with Crippen LogP contribution in [0.1, 0.15) is 23.9 Å². The number of halogens is 1. The minimum absolute atomic E-state index is 0.149. The van der Waals surface area contributed by atoms with Crippen LogP contribution in [0.5, 0.6) is 5.75 Å². The van der Waals surface area contributed by atoms with Crippen LogP contribution in [0.2, 0.25) is 5.02 Å². The van der Waals surface area contributed by atoms with Crippen LogP contribution in [0.3, 0.4) is 0 Å². The number of carbonyl (C=O) groups excluding carboxylic acids is 1. The van der Waals surface area contributed by atoms with Gasteiger partial charge < -0.3 is 9.30 Å². The Kier molecular flexibility index (Phi) is 4.88. The van der Waals surface area contributed by atoms with Gasteiger partial charge in [-0.1, -0.05) is 23.4 Å². The van der Waals surface area contributed by atoms with Crippen molar-refractivity contribution < 1.29 is 9.53 Å². The van der Waals surface area contributed by atoms with Crippen molar-refractivity contribution in [1.82, 2.24) is 9.47 Å². The van der Waals surface area contributed by atoms with Gasteiger partial charge in [0.1, 0.15) is 11.6 Å². The molecule has 1 aromatic heterocycles. The number of fused-ring (bicyclic) bond motifs is 1. The van der Waals surface area contributed by atoms with E-state index in [0.29, 0.717) is 15.9 Å². The summed E-state index contributed by atoms with van der Waals surface area (Å²) >= 11 is 7.66. The summed E-state index contributed by atoms with van der Waals surface area (Å²) in [5.41, 5.74) is 4.84. The van der Waals surface area contributed by atoms with Gasteiger partial charge in [0.05, 0.1) is 17.7 Å². The highest BCUT2D eigenvalue weighted by Gasteiger charge is 2.34. The van der Waals surface area contributed by atoms with Crippen LogP contribution in [0, 0.1) is 19.3 Å². The molecular weight excluding hydrogens is 408 g/mol. The second-order valence-electron chi connectivity index (χ2n) is 6.80. The summed E-state index contributed by atoms with van der Waals surface area (Å²) in [6.45, 7) is 5.86. The Hall–Kier alpha value is -2.77. The standard InChI is InChI=1S/C21H19ClN4O2S/c1-11-7-14(13(3)25(11)15-5-6-18(28-4)17(22)9-15)8-16-19(23)26-12(2)10-29-21(26)24-20(16)27/h5-10,23H,1-4H3/b16-8+,23-19?. The highest BCUT2D eigenvalue weighted by Crippen LogP contribution is 2.33. The topological polar surface area (TPSA) is 70.7 Å². The molecule has 0 spiro atoms. The third kappa shape index (κ3) is 3.20. The molecule has 0 unspecified atom stereocenters. The molecule has 1 amide bonds. The van der Waals surface area contributed by atoms with E-state index in [1.807, 2.05) is 50.4 Å². The normalized spacial score (nSPS) is 17.6. The number of nitrogens with one attached hydrogen (secondary N) is 1. The van der Waals surface area contributed by atoms with E-state index in [2.05, 4.69) is 9.56 Å². The highest BCUT2D eigenvalue weighted by atomic mass is 35.5. The molecule has 0 fully saturated rings. The van der Waals surface area contributed by atoms with E-state index in [1.165, 1.54) is 11.8 Å². The first-order valence-electron chi connectivity index (χ1n) is 8.92. The zero-order valence-corrected chi connectivity index (χ0v) is 18.0. The number of methoxy groups -OCH3 is 1. The lowest BCUT2D eigenvalue weighted by atomic mass is 10.1. The lowest BCUT2D eigenvalue weighted by molar-refractivity contribution is -0.114. The van der Waals surface area contributed by atoms with Crippen molar-refractivity contribution in [3.05, 3.63) is 62.9 Å². The Labute approximate surface area is 178 Å². The number of hydrogen-bond donors (Lipinski definition) is 1. The number of rotatable bonds is 3. The van der Waals surface area contributed by atoms with Crippen molar-refractivity contribution in [2.24, 2.45) is 4.99 Å². The van der Waals surface area contributed by atoms with E-state index in [1.54, 1.807) is 18.1 Å². The van der Waals surface area contributed by atoms with Gasteiger partial charge in [-0.2, -0.15) is 4.99 Å². The van der Waals surface area contributed by atoms with Crippen molar-refractivity contribution >= 4 is 46.3 Å². The van der Waals surface area contributed by atoms with Crippen LogP contribution in [-0.4, -0.2) is 33.5 Å². The molecule has 0 bridgehead atoms. The van der Waals surface area contributed by atoms with E-state index >= 15 is 0 Å². The molecule has 4 rings (SSSR count). The predicted molar refractivity (Wildman–Crippen MR) is 118 cm³/mol. The van der Waals surface area contributed by atoms with E-state index in [4.69, 9.17) is 21.7 Å². The van der Waals surface area contributed by atoms with Crippen molar-refractivity contribution in [3.8, 4) is 11.4 Å². The molecule has 2 aromatic rings. The molecule has 2 aliphatic heterocycles. The zero-order chi connectivity index (χ0) is 20.9. The Balaban J connectivity index is 1.77. The van der Waals surface area contributed by atoms with Crippen LogP contribution in [0.15, 0.2) is 45.9 Å². The number of ether oxygens (including phenoxy) is 1. The summed E-state index contributed by atoms with van der Waals surface area (Å²) in [7, 11) is 1.58. The van der Waals surface area contributed by atoms with Gasteiger partial charge >= 0.3 is 0 Å². The van der Waals surface area contributed by atoms with Crippen molar-refractivity contribution in [2.75, 3.05) is 7.11 Å². The van der Waals surface area contributed by atoms with E-state index < -0.39 is 5.91 Å². The molecule has 148 valence electrons. The Morgan fingerprint density at radius 3 is 2.69 bits per heavy atom. The molecule has 2 aliphatic rings. The number of amidine groups is 2. The van der Waals surface area contributed by atoms with Gasteiger partial charge in [0.15, 0.2) is 5.17 Å². The monoisotopic (exact) mass is 426 g/mol. The van der Waals surface area contributed by atoms with E-state index in [9.17, 15) is 4.79 Å². The molecule has 3 heterocycles. The largest absolute Gasteiger partial charge is 0.495 e. The molecule has 29 heavy (non-hydrogen) atoms. The fraction of sp³-hybridized carbons (Fsp3) is 0.190. The predicted octanol–water partition coefficient (Wildman–Crippen LogP) is 4.92. The first-order valence-corrected chi connectivity index (χ1v) is 10.2. The second-order valence-corrected chi connectivity index (χ2v) is 8.04. The van der Waals surface area contributed by atoms with Gasteiger partial charge in [-0.3, -0.25) is 15.1 Å². The average molecular weight is 427 g/mol. The van der Waals surface area contributed by atoms with Gasteiger partial charge in [0.2, 0.25) is 0 Å². The number of benzene rings is 1. The maximum Gasteiger partial charge on any atom is 0.283 e. The third-order valence-corrected chi connectivity index (χ3v) is 6.19. The summed E-state index contributed by atoms with van der Waals surface area (Å²) in [4.78, 5) is 18.4. The summed E-state index contributed by atoms with van der Waals surface area (Å²) in [5, 5.41) is 11.5.